The third-order valence-electron chi connectivity index (χ3n) is 4.61. The lowest BCUT2D eigenvalue weighted by Crippen LogP contribution is -2.31. The molecule has 4 heterocycles. The third kappa shape index (κ3) is 3.14. The van der Waals surface area contributed by atoms with Gasteiger partial charge in [-0.15, -0.1) is 11.3 Å². The molecule has 0 aromatic carbocycles. The summed E-state index contributed by atoms with van der Waals surface area (Å²) in [4.78, 5) is 11.8. The molecule has 1 N–H and O–H groups in total. The molecule has 0 bridgehead atoms. The van der Waals surface area contributed by atoms with E-state index in [9.17, 15) is 0 Å². The lowest BCUT2D eigenvalue weighted by atomic mass is 9.94. The maximum atomic E-state index is 5.98. The Morgan fingerprint density at radius 1 is 1.38 bits per heavy atom. The van der Waals surface area contributed by atoms with E-state index in [1.165, 1.54) is 15.8 Å². The number of fused-ring (bicyclic) bond motifs is 3. The van der Waals surface area contributed by atoms with E-state index in [1.54, 1.807) is 23.1 Å². The van der Waals surface area contributed by atoms with Crippen molar-refractivity contribution in [3.63, 3.8) is 0 Å². The lowest BCUT2D eigenvalue weighted by Gasteiger charge is -2.30. The lowest BCUT2D eigenvalue weighted by molar-refractivity contribution is -0.0379. The topological polar surface area (TPSA) is 56.3 Å². The Balaban J connectivity index is 1.73. The fraction of sp³-hybridized carbons (Fsp3) is 0.647. The molecule has 2 aliphatic heterocycles. The SMILES string of the molecule is CSc1nc(NCC2CCCO2)c2c3c(sc2n1)COC(C)(C)C3. The van der Waals surface area contributed by atoms with Gasteiger partial charge in [0.2, 0.25) is 0 Å². The number of thioether (sulfide) groups is 1. The van der Waals surface area contributed by atoms with Crippen LogP contribution >= 0.6 is 23.1 Å². The largest absolute Gasteiger partial charge is 0.376 e. The molecule has 0 amide bonds. The van der Waals surface area contributed by atoms with E-state index in [4.69, 9.17) is 19.4 Å². The molecule has 130 valence electrons. The average molecular weight is 366 g/mol. The van der Waals surface area contributed by atoms with Crippen LogP contribution in [0.25, 0.3) is 10.2 Å². The molecule has 1 saturated heterocycles. The first kappa shape index (κ1) is 16.6. The number of anilines is 1. The molecule has 5 nitrogen and oxygen atoms in total. The minimum atomic E-state index is -0.134. The number of rotatable bonds is 4. The molecule has 0 spiro atoms. The zero-order chi connectivity index (χ0) is 16.7. The van der Waals surface area contributed by atoms with Gasteiger partial charge in [-0.1, -0.05) is 11.8 Å². The summed E-state index contributed by atoms with van der Waals surface area (Å²) in [5.74, 6) is 0.954. The van der Waals surface area contributed by atoms with Crippen molar-refractivity contribution in [3.05, 3.63) is 10.4 Å². The van der Waals surface area contributed by atoms with Crippen LogP contribution in [0.2, 0.25) is 0 Å². The molecule has 2 aromatic heterocycles. The predicted molar refractivity (Wildman–Crippen MR) is 99.2 cm³/mol. The van der Waals surface area contributed by atoms with Gasteiger partial charge in [0.15, 0.2) is 5.16 Å². The number of nitrogens with one attached hydrogen (secondary N) is 1. The van der Waals surface area contributed by atoms with E-state index in [0.717, 1.165) is 48.2 Å². The molecule has 2 aliphatic rings. The molecule has 2 aromatic rings. The van der Waals surface area contributed by atoms with Crippen LogP contribution in [-0.4, -0.2) is 41.1 Å². The second kappa shape index (κ2) is 6.44. The first-order valence-corrected chi connectivity index (χ1v) is 10.5. The maximum Gasteiger partial charge on any atom is 0.190 e. The van der Waals surface area contributed by atoms with E-state index >= 15 is 0 Å². The second-order valence-corrected chi connectivity index (χ2v) is 8.84. The Kier molecular flexibility index (Phi) is 4.45. The summed E-state index contributed by atoms with van der Waals surface area (Å²) in [6, 6.07) is 0. The van der Waals surface area contributed by atoms with Crippen molar-refractivity contribution >= 4 is 39.1 Å². The first-order valence-electron chi connectivity index (χ1n) is 8.41. The van der Waals surface area contributed by atoms with Crippen LogP contribution < -0.4 is 5.32 Å². The molecule has 0 radical (unpaired) electrons. The molecule has 7 heteroatoms. The van der Waals surface area contributed by atoms with E-state index in [0.29, 0.717) is 12.7 Å². The van der Waals surface area contributed by atoms with Gasteiger partial charge in [-0.2, -0.15) is 0 Å². The van der Waals surface area contributed by atoms with E-state index in [2.05, 4.69) is 19.2 Å². The van der Waals surface area contributed by atoms with Crippen LogP contribution in [0.1, 0.15) is 37.1 Å². The number of aromatic nitrogens is 2. The van der Waals surface area contributed by atoms with Crippen molar-refractivity contribution in [2.24, 2.45) is 0 Å². The van der Waals surface area contributed by atoms with Crippen LogP contribution in [0, 0.1) is 0 Å². The summed E-state index contributed by atoms with van der Waals surface area (Å²) in [6.45, 7) is 6.65. The van der Waals surface area contributed by atoms with E-state index < -0.39 is 0 Å². The minimum Gasteiger partial charge on any atom is -0.376 e. The fourth-order valence-electron chi connectivity index (χ4n) is 3.36. The smallest absolute Gasteiger partial charge is 0.190 e. The highest BCUT2D eigenvalue weighted by molar-refractivity contribution is 7.98. The van der Waals surface area contributed by atoms with Gasteiger partial charge in [0, 0.05) is 24.4 Å². The number of ether oxygens (including phenoxy) is 2. The molecule has 1 unspecified atom stereocenters. The predicted octanol–water partition coefficient (Wildman–Crippen LogP) is 3.86. The molecule has 0 saturated carbocycles. The van der Waals surface area contributed by atoms with Crippen LogP contribution in [0.3, 0.4) is 0 Å². The Morgan fingerprint density at radius 3 is 3.00 bits per heavy atom. The first-order chi connectivity index (χ1) is 11.6. The summed E-state index contributed by atoms with van der Waals surface area (Å²) >= 11 is 3.33. The van der Waals surface area contributed by atoms with E-state index in [-0.39, 0.29) is 5.60 Å². The van der Waals surface area contributed by atoms with Gasteiger partial charge in [0.25, 0.3) is 0 Å². The summed E-state index contributed by atoms with van der Waals surface area (Å²) < 4.78 is 11.7. The number of hydrogen-bond donors (Lipinski definition) is 1. The summed E-state index contributed by atoms with van der Waals surface area (Å²) in [5.41, 5.74) is 1.22. The Hall–Kier alpha value is -0.890. The molecule has 1 atom stereocenters. The van der Waals surface area contributed by atoms with Gasteiger partial charge in [-0.05, 0) is 38.5 Å². The van der Waals surface area contributed by atoms with Gasteiger partial charge in [-0.25, -0.2) is 9.97 Å². The number of hydrogen-bond acceptors (Lipinski definition) is 7. The molecular formula is C17H23N3O2S2. The van der Waals surface area contributed by atoms with Crippen LogP contribution in [-0.2, 0) is 22.5 Å². The number of thiophene rings is 1. The summed E-state index contributed by atoms with van der Waals surface area (Å²) in [5, 5.41) is 5.54. The summed E-state index contributed by atoms with van der Waals surface area (Å²) in [7, 11) is 0. The van der Waals surface area contributed by atoms with Crippen molar-refractivity contribution in [2.75, 3.05) is 24.7 Å². The molecule has 24 heavy (non-hydrogen) atoms. The quantitative estimate of drug-likeness (QED) is 0.656. The van der Waals surface area contributed by atoms with E-state index in [1.807, 2.05) is 6.26 Å². The molecule has 1 fully saturated rings. The van der Waals surface area contributed by atoms with Crippen molar-refractivity contribution < 1.29 is 9.47 Å². The highest BCUT2D eigenvalue weighted by Gasteiger charge is 2.31. The van der Waals surface area contributed by atoms with Gasteiger partial charge in [-0.3, -0.25) is 0 Å². The fourth-order valence-corrected chi connectivity index (χ4v) is 4.89. The van der Waals surface area contributed by atoms with Gasteiger partial charge >= 0.3 is 0 Å². The molecular weight excluding hydrogens is 342 g/mol. The normalized spacial score (nSPS) is 22.7. The molecule has 0 aliphatic carbocycles. The van der Waals surface area contributed by atoms with Crippen molar-refractivity contribution in [2.45, 2.75) is 56.6 Å². The average Bonchev–Trinajstić information content (AvgIpc) is 3.18. The summed E-state index contributed by atoms with van der Waals surface area (Å²) in [6.07, 6.45) is 5.49. The third-order valence-corrected chi connectivity index (χ3v) is 6.26. The Labute approximate surface area is 150 Å². The maximum absolute atomic E-state index is 5.98. The van der Waals surface area contributed by atoms with Crippen molar-refractivity contribution in [3.8, 4) is 0 Å². The Morgan fingerprint density at radius 2 is 2.25 bits per heavy atom. The van der Waals surface area contributed by atoms with Crippen molar-refractivity contribution in [1.82, 2.24) is 9.97 Å². The molecule has 4 rings (SSSR count). The standard InChI is InChI=1S/C17H23N3O2S2/c1-17(2)7-11-12(9-22-17)24-15-13(11)14(19-16(20-15)23-3)18-8-10-5-4-6-21-10/h10H,4-9H2,1-3H3,(H,18,19,20). The van der Waals surface area contributed by atoms with Crippen LogP contribution in [0.15, 0.2) is 5.16 Å². The van der Waals surface area contributed by atoms with Gasteiger partial charge in [0.05, 0.1) is 23.7 Å². The minimum absolute atomic E-state index is 0.134. The van der Waals surface area contributed by atoms with Crippen LogP contribution in [0.5, 0.6) is 0 Å². The second-order valence-electron chi connectivity index (χ2n) is 6.98. The Bertz CT molecular complexity index is 754. The zero-order valence-electron chi connectivity index (χ0n) is 14.3. The van der Waals surface area contributed by atoms with Gasteiger partial charge < -0.3 is 14.8 Å². The highest BCUT2D eigenvalue weighted by atomic mass is 32.2. The number of nitrogens with zero attached hydrogens (tertiary/aromatic N) is 2. The van der Waals surface area contributed by atoms with Gasteiger partial charge in [0.1, 0.15) is 10.6 Å². The monoisotopic (exact) mass is 365 g/mol. The van der Waals surface area contributed by atoms with Crippen molar-refractivity contribution in [1.29, 1.82) is 0 Å². The van der Waals surface area contributed by atoms with Crippen LogP contribution in [0.4, 0.5) is 5.82 Å². The highest BCUT2D eigenvalue weighted by Crippen LogP contribution is 2.41. The zero-order valence-corrected chi connectivity index (χ0v) is 16.0.